The topological polar surface area (TPSA) is 84.5 Å². The summed E-state index contributed by atoms with van der Waals surface area (Å²) in [6.45, 7) is 2.56. The second-order valence-electron chi connectivity index (χ2n) is 7.14. The number of carbonyl (C=O) groups is 1. The third kappa shape index (κ3) is 4.22. The molecule has 0 bridgehead atoms. The standard InChI is InChI=1S/C23H22N2O4S/c1-16-9-11-19(12-10-16)30(27,28)25-14-13-24-18-6-4-5-17(15-18)22-20-7-2-3-8-21(20)23(26)29-22/h2-12,15,22,24-25H,13-14H2,1H3. The van der Waals surface area contributed by atoms with Crippen molar-refractivity contribution in [1.29, 1.82) is 0 Å². The van der Waals surface area contributed by atoms with Gasteiger partial charge in [-0.15, -0.1) is 0 Å². The number of hydrogen-bond donors (Lipinski definition) is 2. The molecule has 1 unspecified atom stereocenters. The molecule has 1 atom stereocenters. The molecule has 0 aromatic heterocycles. The first-order valence-corrected chi connectivity index (χ1v) is 11.1. The van der Waals surface area contributed by atoms with E-state index in [1.807, 2.05) is 49.4 Å². The molecule has 0 amide bonds. The zero-order chi connectivity index (χ0) is 21.1. The molecule has 1 heterocycles. The molecule has 0 aliphatic carbocycles. The molecular formula is C23H22N2O4S. The van der Waals surface area contributed by atoms with Gasteiger partial charge in [-0.2, -0.15) is 0 Å². The molecule has 3 aromatic carbocycles. The average Bonchev–Trinajstić information content (AvgIpc) is 3.09. The quantitative estimate of drug-likeness (QED) is 0.449. The van der Waals surface area contributed by atoms with Crippen molar-refractivity contribution in [2.24, 2.45) is 0 Å². The van der Waals surface area contributed by atoms with E-state index in [1.165, 1.54) is 0 Å². The van der Waals surface area contributed by atoms with Crippen LogP contribution in [0.1, 0.15) is 33.2 Å². The molecule has 1 aliphatic rings. The highest BCUT2D eigenvalue weighted by molar-refractivity contribution is 7.89. The Hall–Kier alpha value is -3.16. The van der Waals surface area contributed by atoms with Crippen molar-refractivity contribution in [3.8, 4) is 0 Å². The Morgan fingerprint density at radius 2 is 1.70 bits per heavy atom. The Labute approximate surface area is 176 Å². The highest BCUT2D eigenvalue weighted by atomic mass is 32.2. The molecule has 30 heavy (non-hydrogen) atoms. The number of esters is 1. The van der Waals surface area contributed by atoms with Crippen LogP contribution in [0, 0.1) is 6.92 Å². The van der Waals surface area contributed by atoms with Crippen LogP contribution in [0.5, 0.6) is 0 Å². The molecule has 2 N–H and O–H groups in total. The highest BCUT2D eigenvalue weighted by Crippen LogP contribution is 2.36. The lowest BCUT2D eigenvalue weighted by atomic mass is 9.99. The summed E-state index contributed by atoms with van der Waals surface area (Å²) in [6, 6.07) is 21.7. The number of hydrogen-bond acceptors (Lipinski definition) is 5. The zero-order valence-electron chi connectivity index (χ0n) is 16.5. The Morgan fingerprint density at radius 1 is 0.933 bits per heavy atom. The lowest BCUT2D eigenvalue weighted by molar-refractivity contribution is 0.0456. The molecule has 0 radical (unpaired) electrons. The predicted molar refractivity (Wildman–Crippen MR) is 115 cm³/mol. The van der Waals surface area contributed by atoms with Crippen LogP contribution in [0.3, 0.4) is 0 Å². The van der Waals surface area contributed by atoms with Crippen LogP contribution in [0.25, 0.3) is 0 Å². The Bertz CT molecular complexity index is 1170. The van der Waals surface area contributed by atoms with Gasteiger partial charge < -0.3 is 10.1 Å². The smallest absolute Gasteiger partial charge is 0.339 e. The number of ether oxygens (including phenoxy) is 1. The predicted octanol–water partition coefficient (Wildman–Crippen LogP) is 3.65. The van der Waals surface area contributed by atoms with Crippen LogP contribution in [-0.4, -0.2) is 27.5 Å². The number of nitrogens with one attached hydrogen (secondary N) is 2. The van der Waals surface area contributed by atoms with Gasteiger partial charge in [0.25, 0.3) is 0 Å². The molecule has 0 spiro atoms. The highest BCUT2D eigenvalue weighted by Gasteiger charge is 2.31. The Morgan fingerprint density at radius 3 is 2.50 bits per heavy atom. The van der Waals surface area contributed by atoms with E-state index in [0.717, 1.165) is 22.4 Å². The van der Waals surface area contributed by atoms with E-state index in [-0.39, 0.29) is 17.4 Å². The fraction of sp³-hybridized carbons (Fsp3) is 0.174. The van der Waals surface area contributed by atoms with Gasteiger partial charge in [-0.3, -0.25) is 0 Å². The van der Waals surface area contributed by atoms with Crippen molar-refractivity contribution in [3.63, 3.8) is 0 Å². The first-order valence-electron chi connectivity index (χ1n) is 9.64. The first-order chi connectivity index (χ1) is 14.4. The van der Waals surface area contributed by atoms with Crippen LogP contribution in [0.2, 0.25) is 0 Å². The van der Waals surface area contributed by atoms with E-state index in [9.17, 15) is 13.2 Å². The van der Waals surface area contributed by atoms with E-state index in [2.05, 4.69) is 10.0 Å². The lowest BCUT2D eigenvalue weighted by Gasteiger charge is -2.14. The van der Waals surface area contributed by atoms with Crippen molar-refractivity contribution in [2.75, 3.05) is 18.4 Å². The van der Waals surface area contributed by atoms with Gasteiger partial charge in [0.05, 0.1) is 10.5 Å². The van der Waals surface area contributed by atoms with E-state index >= 15 is 0 Å². The average molecular weight is 423 g/mol. The first kappa shape index (κ1) is 20.1. The molecule has 7 heteroatoms. The fourth-order valence-electron chi connectivity index (χ4n) is 3.40. The number of benzene rings is 3. The zero-order valence-corrected chi connectivity index (χ0v) is 17.3. The minimum absolute atomic E-state index is 0.238. The number of sulfonamides is 1. The van der Waals surface area contributed by atoms with Crippen molar-refractivity contribution in [3.05, 3.63) is 95.1 Å². The molecule has 0 saturated heterocycles. The van der Waals surface area contributed by atoms with Crippen molar-refractivity contribution >= 4 is 21.7 Å². The van der Waals surface area contributed by atoms with Gasteiger partial charge in [-0.05, 0) is 42.8 Å². The summed E-state index contributed by atoms with van der Waals surface area (Å²) >= 11 is 0. The largest absolute Gasteiger partial charge is 0.449 e. The van der Waals surface area contributed by atoms with Crippen molar-refractivity contribution in [1.82, 2.24) is 4.72 Å². The second kappa shape index (κ2) is 8.30. The molecule has 0 fully saturated rings. The van der Waals surface area contributed by atoms with Gasteiger partial charge in [-0.1, -0.05) is 48.0 Å². The van der Waals surface area contributed by atoms with Crippen LogP contribution in [0.15, 0.2) is 77.7 Å². The molecule has 1 aliphatic heterocycles. The molecular weight excluding hydrogens is 400 g/mol. The molecule has 154 valence electrons. The third-order valence-corrected chi connectivity index (χ3v) is 6.43. The molecule has 0 saturated carbocycles. The summed E-state index contributed by atoms with van der Waals surface area (Å²) in [5, 5.41) is 3.21. The van der Waals surface area contributed by atoms with Gasteiger partial charge in [0.15, 0.2) is 6.10 Å². The number of cyclic esters (lactones) is 1. The van der Waals surface area contributed by atoms with Crippen LogP contribution < -0.4 is 10.0 Å². The summed E-state index contributed by atoms with van der Waals surface area (Å²) in [6.07, 6.45) is -0.435. The number of aryl methyl sites for hydroxylation is 1. The Kier molecular flexibility index (Phi) is 5.57. The monoisotopic (exact) mass is 422 g/mol. The summed E-state index contributed by atoms with van der Waals surface area (Å²) in [4.78, 5) is 12.3. The van der Waals surface area contributed by atoms with Crippen molar-refractivity contribution in [2.45, 2.75) is 17.9 Å². The minimum atomic E-state index is -3.54. The maximum absolute atomic E-state index is 12.3. The number of anilines is 1. The second-order valence-corrected chi connectivity index (χ2v) is 8.90. The fourth-order valence-corrected chi connectivity index (χ4v) is 4.43. The van der Waals surface area contributed by atoms with Gasteiger partial charge in [0, 0.05) is 24.3 Å². The van der Waals surface area contributed by atoms with E-state index in [1.54, 1.807) is 30.3 Å². The number of carbonyl (C=O) groups excluding carboxylic acids is 1. The van der Waals surface area contributed by atoms with Crippen LogP contribution >= 0.6 is 0 Å². The minimum Gasteiger partial charge on any atom is -0.449 e. The summed E-state index contributed by atoms with van der Waals surface area (Å²) in [7, 11) is -3.54. The van der Waals surface area contributed by atoms with Gasteiger partial charge >= 0.3 is 5.97 Å². The van der Waals surface area contributed by atoms with Gasteiger partial charge in [-0.25, -0.2) is 17.9 Å². The maximum atomic E-state index is 12.3. The van der Waals surface area contributed by atoms with E-state index in [0.29, 0.717) is 12.1 Å². The van der Waals surface area contributed by atoms with Crippen LogP contribution in [0.4, 0.5) is 5.69 Å². The maximum Gasteiger partial charge on any atom is 0.339 e. The molecule has 3 aromatic rings. The summed E-state index contributed by atoms with van der Waals surface area (Å²) in [5.74, 6) is -0.320. The SMILES string of the molecule is Cc1ccc(S(=O)(=O)NCCNc2cccc(C3OC(=O)c4ccccc43)c2)cc1. The van der Waals surface area contributed by atoms with E-state index < -0.39 is 16.1 Å². The molecule has 6 nitrogen and oxygen atoms in total. The third-order valence-electron chi connectivity index (χ3n) is 4.95. The lowest BCUT2D eigenvalue weighted by Crippen LogP contribution is -2.28. The number of rotatable bonds is 7. The van der Waals surface area contributed by atoms with E-state index in [4.69, 9.17) is 4.74 Å². The summed E-state index contributed by atoms with van der Waals surface area (Å²) in [5.41, 5.74) is 4.13. The normalized spacial score (nSPS) is 15.5. The Balaban J connectivity index is 1.38. The summed E-state index contributed by atoms with van der Waals surface area (Å²) < 4.78 is 32.8. The van der Waals surface area contributed by atoms with Gasteiger partial charge in [0.1, 0.15) is 0 Å². The number of fused-ring (bicyclic) bond motifs is 1. The van der Waals surface area contributed by atoms with Crippen LogP contribution in [-0.2, 0) is 14.8 Å². The van der Waals surface area contributed by atoms with Crippen molar-refractivity contribution < 1.29 is 17.9 Å². The van der Waals surface area contributed by atoms with Gasteiger partial charge in [0.2, 0.25) is 10.0 Å². The molecule has 4 rings (SSSR count).